The Morgan fingerprint density at radius 3 is 1.69 bits per heavy atom. The van der Waals surface area contributed by atoms with Gasteiger partial charge in [-0.15, -0.1) is 0 Å². The maximum absolute atomic E-state index is 13.4. The van der Waals surface area contributed by atoms with Gasteiger partial charge < -0.3 is 50.8 Å². The predicted octanol–water partition coefficient (Wildman–Crippen LogP) is 5.61. The highest BCUT2D eigenvalue weighted by Gasteiger charge is 2.43. The number of carbonyl (C=O) groups excluding carboxylic acids is 5. The van der Waals surface area contributed by atoms with E-state index in [2.05, 4.69) is 81.6 Å². The van der Waals surface area contributed by atoms with E-state index >= 15 is 0 Å². The first-order valence-electron chi connectivity index (χ1n) is 20.0. The minimum absolute atomic E-state index is 0.0350. The predicted molar refractivity (Wildman–Crippen MR) is 211 cm³/mol. The molecule has 2 aliphatic carbocycles. The lowest BCUT2D eigenvalue weighted by Crippen LogP contribution is -2.53. The zero-order valence-corrected chi connectivity index (χ0v) is 35.0. The number of unbranched alkanes of at least 4 members (excludes halogenated alkanes) is 2. The number of amides is 6. The van der Waals surface area contributed by atoms with Gasteiger partial charge in [0.2, 0.25) is 0 Å². The number of ether oxygens (including phenoxy) is 3. The van der Waals surface area contributed by atoms with Crippen LogP contribution in [0.15, 0.2) is 12.2 Å². The lowest BCUT2D eigenvalue weighted by Gasteiger charge is -2.47. The molecule has 0 aromatic heterocycles. The van der Waals surface area contributed by atoms with Crippen LogP contribution in [0.25, 0.3) is 0 Å². The van der Waals surface area contributed by atoms with Crippen molar-refractivity contribution in [2.75, 3.05) is 59.2 Å². The Hall–Kier alpha value is -3.75. The summed E-state index contributed by atoms with van der Waals surface area (Å²) in [6.45, 7) is 22.3. The molecule has 316 valence electrons. The summed E-state index contributed by atoms with van der Waals surface area (Å²) in [5.41, 5.74) is -0.306. The number of nitrogens with one attached hydrogen (secondary N) is 5. The van der Waals surface area contributed by atoms with Crippen LogP contribution in [0.1, 0.15) is 120 Å². The molecule has 4 atom stereocenters. The van der Waals surface area contributed by atoms with Crippen molar-refractivity contribution < 1.29 is 43.3 Å². The number of aliphatic hydroxyl groups is 1. The number of urea groups is 2. The standard InChI is InChI=1S/C40H72N6O9/c1-10-11-15-46(16-20-53-32(48)29(2)3)34(50)45-31-22-38(6,7)26-40(9,24-31)28-43-36(52)55-19-13-12-18-54-35(51)42-27-39(8)23-30(21-37(4,5)25-39)44-33(49)41-14-17-47/h30-31,47H,2,10-28H2,1,3-9H3,(H,42,51)(H,43,52)(H,45,50)(H2,41,44,49). The molecule has 2 rings (SSSR count). The van der Waals surface area contributed by atoms with Gasteiger partial charge in [-0.3, -0.25) is 0 Å². The monoisotopic (exact) mass is 781 g/mol. The largest absolute Gasteiger partial charge is 0.460 e. The fraction of sp³-hybridized carbons (Fsp3) is 0.825. The average Bonchev–Trinajstić information content (AvgIpc) is 3.06. The molecule has 6 amide bonds. The van der Waals surface area contributed by atoms with Crippen LogP contribution >= 0.6 is 0 Å². The van der Waals surface area contributed by atoms with Crippen molar-refractivity contribution in [3.05, 3.63) is 12.2 Å². The molecule has 0 aromatic carbocycles. The second-order valence-electron chi connectivity index (χ2n) is 18.0. The summed E-state index contributed by atoms with van der Waals surface area (Å²) in [6, 6.07) is -0.655. The van der Waals surface area contributed by atoms with Crippen molar-refractivity contribution in [2.45, 2.75) is 132 Å². The Labute approximate surface area is 329 Å². The number of carbonyl (C=O) groups is 5. The summed E-state index contributed by atoms with van der Waals surface area (Å²) in [5.74, 6) is -0.472. The molecule has 0 radical (unpaired) electrons. The summed E-state index contributed by atoms with van der Waals surface area (Å²) >= 11 is 0. The topological polar surface area (TPSA) is 197 Å². The third-order valence-corrected chi connectivity index (χ3v) is 10.3. The van der Waals surface area contributed by atoms with Crippen LogP contribution in [0.4, 0.5) is 19.2 Å². The summed E-state index contributed by atoms with van der Waals surface area (Å²) < 4.78 is 16.0. The van der Waals surface area contributed by atoms with E-state index in [-0.39, 0.29) is 78.8 Å². The fourth-order valence-corrected chi connectivity index (χ4v) is 8.66. The minimum atomic E-state index is -0.513. The Balaban J connectivity index is 1.73. The molecule has 2 fully saturated rings. The van der Waals surface area contributed by atoms with Gasteiger partial charge in [-0.25, -0.2) is 24.0 Å². The molecule has 15 nitrogen and oxygen atoms in total. The first-order valence-corrected chi connectivity index (χ1v) is 20.0. The summed E-state index contributed by atoms with van der Waals surface area (Å²) in [5, 5.41) is 23.6. The first kappa shape index (κ1) is 47.4. The number of hydrogen-bond donors (Lipinski definition) is 6. The van der Waals surface area contributed by atoms with Crippen molar-refractivity contribution in [1.29, 1.82) is 0 Å². The highest BCUT2D eigenvalue weighted by atomic mass is 16.6. The molecule has 0 aromatic rings. The zero-order valence-electron chi connectivity index (χ0n) is 35.0. The summed E-state index contributed by atoms with van der Waals surface area (Å²) in [4.78, 5) is 64.2. The molecule has 4 unspecified atom stereocenters. The van der Waals surface area contributed by atoms with E-state index in [4.69, 9.17) is 19.3 Å². The molecular formula is C40H72N6O9. The van der Waals surface area contributed by atoms with E-state index in [1.165, 1.54) is 0 Å². The molecule has 2 aliphatic rings. The van der Waals surface area contributed by atoms with E-state index < -0.39 is 18.2 Å². The number of alkyl carbamates (subject to hydrolysis) is 2. The third kappa shape index (κ3) is 18.6. The second kappa shape index (κ2) is 22.1. The van der Waals surface area contributed by atoms with Gasteiger partial charge in [0, 0.05) is 43.8 Å². The highest BCUT2D eigenvalue weighted by molar-refractivity contribution is 5.87. The SMILES string of the molecule is C=C(C)C(=O)OCCN(CCCC)C(=O)NC1CC(C)(C)CC(C)(CNC(=O)OCCCCOC(=O)NCC2(C)CC(NC(=O)NCCO)CC(C)(C)C2)C1. The van der Waals surface area contributed by atoms with Gasteiger partial charge >= 0.3 is 30.2 Å². The van der Waals surface area contributed by atoms with E-state index in [1.54, 1.807) is 11.8 Å². The maximum Gasteiger partial charge on any atom is 0.407 e. The maximum atomic E-state index is 13.4. The smallest absolute Gasteiger partial charge is 0.407 e. The number of nitrogens with zero attached hydrogens (tertiary/aromatic N) is 1. The Bertz CT molecular complexity index is 1290. The molecule has 55 heavy (non-hydrogen) atoms. The Kier molecular flexibility index (Phi) is 19.1. The van der Waals surface area contributed by atoms with Crippen LogP contribution in [-0.4, -0.2) is 111 Å². The van der Waals surface area contributed by atoms with Gasteiger partial charge in [-0.05, 0) is 86.4 Å². The van der Waals surface area contributed by atoms with Crippen molar-refractivity contribution in [3.8, 4) is 0 Å². The van der Waals surface area contributed by atoms with Crippen LogP contribution in [0.5, 0.6) is 0 Å². The first-order chi connectivity index (χ1) is 25.7. The summed E-state index contributed by atoms with van der Waals surface area (Å²) in [7, 11) is 0. The average molecular weight is 781 g/mol. The minimum Gasteiger partial charge on any atom is -0.460 e. The van der Waals surface area contributed by atoms with Gasteiger partial charge in [-0.1, -0.05) is 61.5 Å². The molecule has 0 heterocycles. The number of hydrogen-bond acceptors (Lipinski definition) is 9. The van der Waals surface area contributed by atoms with Crippen molar-refractivity contribution in [2.24, 2.45) is 21.7 Å². The quantitative estimate of drug-likeness (QED) is 0.0394. The van der Waals surface area contributed by atoms with E-state index in [1.807, 2.05) is 0 Å². The summed E-state index contributed by atoms with van der Waals surface area (Å²) in [6.07, 6.45) is 6.52. The van der Waals surface area contributed by atoms with Crippen LogP contribution in [0, 0.1) is 21.7 Å². The van der Waals surface area contributed by atoms with Crippen LogP contribution in [0.2, 0.25) is 0 Å². The zero-order chi connectivity index (χ0) is 41.3. The molecule has 15 heteroatoms. The van der Waals surface area contributed by atoms with Crippen molar-refractivity contribution in [1.82, 2.24) is 31.5 Å². The molecule has 0 saturated heterocycles. The molecule has 0 spiro atoms. The van der Waals surface area contributed by atoms with Gasteiger partial charge in [0.1, 0.15) is 6.61 Å². The lowest BCUT2D eigenvalue weighted by molar-refractivity contribution is -0.139. The Morgan fingerprint density at radius 1 is 0.709 bits per heavy atom. The van der Waals surface area contributed by atoms with Crippen LogP contribution in [-0.2, 0) is 19.0 Å². The lowest BCUT2D eigenvalue weighted by atomic mass is 9.62. The van der Waals surface area contributed by atoms with Gasteiger partial charge in [0.25, 0.3) is 0 Å². The Morgan fingerprint density at radius 2 is 1.22 bits per heavy atom. The van der Waals surface area contributed by atoms with E-state index in [9.17, 15) is 24.0 Å². The highest BCUT2D eigenvalue weighted by Crippen LogP contribution is 2.47. The molecular weight excluding hydrogens is 708 g/mol. The van der Waals surface area contributed by atoms with Gasteiger partial charge in [0.05, 0.1) is 26.4 Å². The second-order valence-corrected chi connectivity index (χ2v) is 18.0. The normalized spacial score (nSPS) is 24.0. The van der Waals surface area contributed by atoms with Gasteiger partial charge in [-0.2, -0.15) is 0 Å². The van der Waals surface area contributed by atoms with Crippen LogP contribution in [0.3, 0.4) is 0 Å². The number of esters is 1. The fourth-order valence-electron chi connectivity index (χ4n) is 8.66. The molecule has 0 aliphatic heterocycles. The molecule has 2 saturated carbocycles. The van der Waals surface area contributed by atoms with Crippen molar-refractivity contribution in [3.63, 3.8) is 0 Å². The van der Waals surface area contributed by atoms with Crippen LogP contribution < -0.4 is 26.6 Å². The van der Waals surface area contributed by atoms with E-state index in [0.717, 1.165) is 38.5 Å². The number of rotatable bonds is 20. The molecule has 0 bridgehead atoms. The number of aliphatic hydroxyl groups excluding tert-OH is 1. The molecule has 6 N–H and O–H groups in total. The third-order valence-electron chi connectivity index (χ3n) is 10.3. The van der Waals surface area contributed by atoms with Crippen molar-refractivity contribution >= 4 is 30.2 Å². The van der Waals surface area contributed by atoms with Gasteiger partial charge in [0.15, 0.2) is 0 Å². The van der Waals surface area contributed by atoms with E-state index in [0.29, 0.717) is 57.4 Å².